The van der Waals surface area contributed by atoms with Crippen LogP contribution in [0.1, 0.15) is 10.9 Å². The molecule has 0 saturated heterocycles. The Bertz CT molecular complexity index is 362. The third kappa shape index (κ3) is 2.02. The van der Waals surface area contributed by atoms with Crippen LogP contribution >= 0.6 is 27.3 Å². The summed E-state index contributed by atoms with van der Waals surface area (Å²) in [5.74, 6) is 0. The molecule has 5 heteroatoms. The van der Waals surface area contributed by atoms with Crippen LogP contribution in [0.4, 0.5) is 0 Å². The molecule has 0 aliphatic carbocycles. The smallest absolute Gasteiger partial charge is 0.211 e. The molecule has 0 aromatic carbocycles. The second-order valence-electron chi connectivity index (χ2n) is 1.89. The van der Waals surface area contributed by atoms with Gasteiger partial charge >= 0.3 is 0 Å². The zero-order valence-corrected chi connectivity index (χ0v) is 8.22. The van der Waals surface area contributed by atoms with Crippen LogP contribution in [-0.2, 0) is 4.79 Å². The van der Waals surface area contributed by atoms with Gasteiger partial charge in [-0.15, -0.1) is 11.3 Å². The lowest BCUT2D eigenvalue weighted by molar-refractivity contribution is 0.561. The summed E-state index contributed by atoms with van der Waals surface area (Å²) < 4.78 is 0.916. The molecule has 1 atom stereocenters. The van der Waals surface area contributed by atoms with Gasteiger partial charge in [-0.25, -0.2) is 4.79 Å². The molecule has 0 bridgehead atoms. The van der Waals surface area contributed by atoms with Gasteiger partial charge in [-0.2, -0.15) is 10.3 Å². The second kappa shape index (κ2) is 4.17. The Hall–Kier alpha value is -0.950. The quantitative estimate of drug-likeness (QED) is 0.591. The molecule has 60 valence electrons. The summed E-state index contributed by atoms with van der Waals surface area (Å²) in [4.78, 5) is 14.0. The molecule has 0 aliphatic rings. The molecule has 0 amide bonds. The van der Waals surface area contributed by atoms with Crippen LogP contribution in [0.25, 0.3) is 0 Å². The minimum Gasteiger partial charge on any atom is -0.211 e. The second-order valence-corrected chi connectivity index (χ2v) is 4.39. The summed E-state index contributed by atoms with van der Waals surface area (Å²) in [7, 11) is 0. The Morgan fingerprint density at radius 2 is 2.42 bits per heavy atom. The van der Waals surface area contributed by atoms with Crippen molar-refractivity contribution in [3.8, 4) is 6.07 Å². The van der Waals surface area contributed by atoms with E-state index < -0.39 is 6.04 Å². The van der Waals surface area contributed by atoms with Gasteiger partial charge in [0.2, 0.25) is 6.08 Å². The molecule has 0 saturated carbocycles. The van der Waals surface area contributed by atoms with Crippen molar-refractivity contribution in [2.45, 2.75) is 6.04 Å². The fourth-order valence-electron chi connectivity index (χ4n) is 0.684. The first kappa shape index (κ1) is 9.14. The van der Waals surface area contributed by atoms with Gasteiger partial charge in [0.25, 0.3) is 0 Å². The number of aliphatic imine (C=N–C) groups is 1. The normalized spacial score (nSPS) is 11.3. The van der Waals surface area contributed by atoms with Gasteiger partial charge in [-0.05, 0) is 28.1 Å². The van der Waals surface area contributed by atoms with Crippen molar-refractivity contribution in [2.75, 3.05) is 0 Å². The summed E-state index contributed by atoms with van der Waals surface area (Å²) in [5.41, 5.74) is 0. The highest BCUT2D eigenvalue weighted by atomic mass is 79.9. The van der Waals surface area contributed by atoms with Crippen LogP contribution in [0.5, 0.6) is 0 Å². The molecule has 1 heterocycles. The lowest BCUT2D eigenvalue weighted by Crippen LogP contribution is -1.85. The topological polar surface area (TPSA) is 53.2 Å². The van der Waals surface area contributed by atoms with E-state index in [1.165, 1.54) is 17.4 Å². The molecule has 0 aliphatic heterocycles. The number of nitrogens with zero attached hydrogens (tertiary/aromatic N) is 2. The predicted octanol–water partition coefficient (Wildman–Crippen LogP) is 2.41. The molecule has 0 N–H and O–H groups in total. The van der Waals surface area contributed by atoms with Crippen molar-refractivity contribution in [1.29, 1.82) is 5.26 Å². The molecule has 12 heavy (non-hydrogen) atoms. The standard InChI is InChI=1S/C7H3BrN2OS/c8-7-2-1-6(12-7)5(3-9)10-4-11/h1-2,5H. The summed E-state index contributed by atoms with van der Waals surface area (Å²) >= 11 is 4.63. The average Bonchev–Trinajstić information content (AvgIpc) is 2.47. The van der Waals surface area contributed by atoms with E-state index in [-0.39, 0.29) is 0 Å². The Kier molecular flexibility index (Phi) is 3.18. The maximum Gasteiger partial charge on any atom is 0.236 e. The minimum atomic E-state index is -0.709. The average molecular weight is 243 g/mol. The molecule has 0 spiro atoms. The Morgan fingerprint density at radius 3 is 2.83 bits per heavy atom. The summed E-state index contributed by atoms with van der Waals surface area (Å²) in [6.45, 7) is 0. The van der Waals surface area contributed by atoms with E-state index in [1.807, 2.05) is 12.1 Å². The number of hydrogen-bond donors (Lipinski definition) is 0. The number of rotatable bonds is 2. The van der Waals surface area contributed by atoms with Crippen LogP contribution in [0.2, 0.25) is 0 Å². The third-order valence-electron chi connectivity index (χ3n) is 1.17. The highest BCUT2D eigenvalue weighted by molar-refractivity contribution is 9.11. The van der Waals surface area contributed by atoms with Crippen molar-refractivity contribution < 1.29 is 4.79 Å². The molecular weight excluding hydrogens is 240 g/mol. The van der Waals surface area contributed by atoms with E-state index in [0.29, 0.717) is 0 Å². The molecule has 0 radical (unpaired) electrons. The number of carbonyl (C=O) groups excluding carboxylic acids is 1. The van der Waals surface area contributed by atoms with Crippen LogP contribution < -0.4 is 0 Å². The van der Waals surface area contributed by atoms with Crippen LogP contribution in [-0.4, -0.2) is 6.08 Å². The number of thiophene rings is 1. The Balaban J connectivity index is 2.96. The first-order valence-corrected chi connectivity index (χ1v) is 4.60. The van der Waals surface area contributed by atoms with E-state index in [2.05, 4.69) is 20.9 Å². The highest BCUT2D eigenvalue weighted by Crippen LogP contribution is 2.28. The van der Waals surface area contributed by atoms with E-state index in [4.69, 9.17) is 5.26 Å². The van der Waals surface area contributed by atoms with Crippen LogP contribution in [0.15, 0.2) is 20.9 Å². The van der Waals surface area contributed by atoms with Crippen molar-refractivity contribution in [2.24, 2.45) is 4.99 Å². The lowest BCUT2D eigenvalue weighted by atomic mass is 10.3. The highest BCUT2D eigenvalue weighted by Gasteiger charge is 2.10. The molecule has 0 fully saturated rings. The minimum absolute atomic E-state index is 0.709. The first-order valence-electron chi connectivity index (χ1n) is 2.99. The first-order chi connectivity index (χ1) is 5.77. The van der Waals surface area contributed by atoms with E-state index in [0.717, 1.165) is 8.66 Å². The maximum atomic E-state index is 9.90. The molecule has 1 rings (SSSR count). The zero-order chi connectivity index (χ0) is 8.97. The summed E-state index contributed by atoms with van der Waals surface area (Å²) in [6, 6.07) is 4.75. The molecule has 3 nitrogen and oxygen atoms in total. The lowest BCUT2D eigenvalue weighted by Gasteiger charge is -1.93. The largest absolute Gasteiger partial charge is 0.236 e. The van der Waals surface area contributed by atoms with Crippen molar-refractivity contribution in [3.05, 3.63) is 20.8 Å². The van der Waals surface area contributed by atoms with Gasteiger partial charge in [0.15, 0.2) is 6.04 Å². The van der Waals surface area contributed by atoms with E-state index >= 15 is 0 Å². The maximum absolute atomic E-state index is 9.90. The van der Waals surface area contributed by atoms with Crippen molar-refractivity contribution in [1.82, 2.24) is 0 Å². The predicted molar refractivity (Wildman–Crippen MR) is 48.5 cm³/mol. The van der Waals surface area contributed by atoms with Gasteiger partial charge in [-0.3, -0.25) is 0 Å². The van der Waals surface area contributed by atoms with Gasteiger partial charge in [0.1, 0.15) is 0 Å². The monoisotopic (exact) mass is 242 g/mol. The van der Waals surface area contributed by atoms with Crippen LogP contribution in [0.3, 0.4) is 0 Å². The molecule has 1 aromatic rings. The van der Waals surface area contributed by atoms with Crippen molar-refractivity contribution in [3.63, 3.8) is 0 Å². The number of isocyanates is 1. The van der Waals surface area contributed by atoms with Gasteiger partial charge in [0, 0.05) is 4.88 Å². The van der Waals surface area contributed by atoms with Gasteiger partial charge < -0.3 is 0 Å². The third-order valence-corrected chi connectivity index (χ3v) is 2.84. The Morgan fingerprint density at radius 1 is 1.67 bits per heavy atom. The fraction of sp³-hybridized carbons (Fsp3) is 0.143. The van der Waals surface area contributed by atoms with Gasteiger partial charge in [-0.1, -0.05) is 0 Å². The molecule has 1 unspecified atom stereocenters. The number of nitriles is 1. The summed E-state index contributed by atoms with van der Waals surface area (Å²) in [6.07, 6.45) is 1.37. The zero-order valence-electron chi connectivity index (χ0n) is 5.82. The molecular formula is C7H3BrN2OS. The Labute approximate surface area is 81.5 Å². The SMILES string of the molecule is N#CC(N=C=O)c1ccc(Br)s1. The van der Waals surface area contributed by atoms with E-state index in [1.54, 1.807) is 6.07 Å². The fourth-order valence-corrected chi connectivity index (χ4v) is 2.09. The summed E-state index contributed by atoms with van der Waals surface area (Å²) in [5, 5.41) is 8.59. The van der Waals surface area contributed by atoms with Crippen LogP contribution in [0, 0.1) is 11.3 Å². The number of hydrogen-bond acceptors (Lipinski definition) is 4. The van der Waals surface area contributed by atoms with Gasteiger partial charge in [0.05, 0.1) is 9.86 Å². The molecule has 1 aromatic heterocycles. The number of halogens is 1. The van der Waals surface area contributed by atoms with Crippen molar-refractivity contribution >= 4 is 33.3 Å². The van der Waals surface area contributed by atoms with E-state index in [9.17, 15) is 4.79 Å².